The average molecular weight is 266 g/mol. The van der Waals surface area contributed by atoms with Crippen LogP contribution in [0.1, 0.15) is 30.1 Å². The van der Waals surface area contributed by atoms with Gasteiger partial charge in [-0.25, -0.2) is 0 Å². The summed E-state index contributed by atoms with van der Waals surface area (Å²) in [6.45, 7) is 2.17. The number of fused-ring (bicyclic) bond motifs is 1. The second-order valence-electron chi connectivity index (χ2n) is 4.65. The Morgan fingerprint density at radius 3 is 2.78 bits per heavy atom. The van der Waals surface area contributed by atoms with E-state index in [-0.39, 0.29) is 11.0 Å². The molecule has 0 radical (unpaired) electrons. The first-order chi connectivity index (χ1) is 8.65. The van der Waals surface area contributed by atoms with Crippen molar-refractivity contribution in [2.45, 2.75) is 32.4 Å². The Bertz CT molecular complexity index is 721. The Morgan fingerprint density at radius 1 is 1.44 bits per heavy atom. The van der Waals surface area contributed by atoms with Crippen molar-refractivity contribution < 1.29 is 4.74 Å². The second-order valence-corrected chi connectivity index (χ2v) is 5.44. The summed E-state index contributed by atoms with van der Waals surface area (Å²) in [5, 5.41) is 0.296. The third-order valence-electron chi connectivity index (χ3n) is 3.38. The Labute approximate surface area is 107 Å². The molecule has 0 aromatic carbocycles. The molecule has 0 amide bonds. The lowest BCUT2D eigenvalue weighted by Crippen LogP contribution is -2.21. The molecule has 1 N–H and O–H groups in total. The van der Waals surface area contributed by atoms with Gasteiger partial charge in [-0.2, -0.15) is 0 Å². The Morgan fingerprint density at radius 2 is 2.17 bits per heavy atom. The van der Waals surface area contributed by atoms with Crippen LogP contribution in [0.25, 0.3) is 10.2 Å². The van der Waals surface area contributed by atoms with Gasteiger partial charge in [0.1, 0.15) is 10.2 Å². The minimum absolute atomic E-state index is 0.170. The van der Waals surface area contributed by atoms with Gasteiger partial charge in [0.15, 0.2) is 5.43 Å². The number of aromatic amines is 1. The van der Waals surface area contributed by atoms with E-state index in [0.29, 0.717) is 23.6 Å². The fourth-order valence-electron chi connectivity index (χ4n) is 2.32. The number of ether oxygens (including phenoxy) is 1. The first kappa shape index (κ1) is 11.7. The highest BCUT2D eigenvalue weighted by Crippen LogP contribution is 2.39. The topological polar surface area (TPSA) is 64.1 Å². The van der Waals surface area contributed by atoms with Crippen LogP contribution in [-0.4, -0.2) is 16.1 Å². The van der Waals surface area contributed by atoms with Gasteiger partial charge in [-0.3, -0.25) is 14.0 Å². The summed E-state index contributed by atoms with van der Waals surface area (Å²) in [6.07, 6.45) is 2.19. The molecular weight excluding hydrogens is 252 g/mol. The molecule has 96 valence electrons. The van der Waals surface area contributed by atoms with Gasteiger partial charge in [-0.15, -0.1) is 0 Å². The molecule has 2 aromatic rings. The molecule has 1 fully saturated rings. The van der Waals surface area contributed by atoms with Gasteiger partial charge in [0.2, 0.25) is 0 Å². The van der Waals surface area contributed by atoms with E-state index in [2.05, 4.69) is 8.94 Å². The number of hydrogen-bond acceptors (Lipinski definition) is 4. The molecule has 1 aliphatic carbocycles. The number of pyridine rings is 1. The van der Waals surface area contributed by atoms with E-state index in [0.717, 1.165) is 23.4 Å². The zero-order valence-corrected chi connectivity index (χ0v) is 11.1. The number of rotatable bonds is 3. The third kappa shape index (κ3) is 1.56. The van der Waals surface area contributed by atoms with E-state index in [1.165, 1.54) is 11.5 Å². The molecule has 0 atom stereocenters. The molecule has 1 saturated carbocycles. The van der Waals surface area contributed by atoms with Gasteiger partial charge in [0.05, 0.1) is 12.3 Å². The van der Waals surface area contributed by atoms with E-state index >= 15 is 0 Å². The van der Waals surface area contributed by atoms with E-state index in [9.17, 15) is 9.59 Å². The van der Waals surface area contributed by atoms with Crippen molar-refractivity contribution >= 4 is 21.7 Å². The molecule has 0 aliphatic heterocycles. The van der Waals surface area contributed by atoms with E-state index in [1.807, 2.05) is 0 Å². The highest BCUT2D eigenvalue weighted by atomic mass is 32.1. The molecule has 0 unspecified atom stereocenters. The summed E-state index contributed by atoms with van der Waals surface area (Å²) in [5.41, 5.74) is 1.07. The Kier molecular flexibility index (Phi) is 2.64. The predicted octanol–water partition coefficient (Wildman–Crippen LogP) is 1.54. The minimum atomic E-state index is -0.276. The third-order valence-corrected chi connectivity index (χ3v) is 4.27. The number of aromatic nitrogens is 2. The van der Waals surface area contributed by atoms with Crippen LogP contribution in [0.4, 0.5) is 0 Å². The summed E-state index contributed by atoms with van der Waals surface area (Å²) in [4.78, 5) is 24.7. The van der Waals surface area contributed by atoms with Crippen molar-refractivity contribution in [2.24, 2.45) is 0 Å². The molecule has 2 aromatic heterocycles. The molecule has 0 saturated heterocycles. The van der Waals surface area contributed by atoms with Crippen LogP contribution in [0.15, 0.2) is 9.59 Å². The predicted molar refractivity (Wildman–Crippen MR) is 70.4 cm³/mol. The van der Waals surface area contributed by atoms with Crippen LogP contribution < -0.4 is 11.0 Å². The number of hydrogen-bond donors (Lipinski definition) is 1. The summed E-state index contributed by atoms with van der Waals surface area (Å²) >= 11 is 1.24. The number of H-pyrrole nitrogens is 1. The molecule has 0 spiro atoms. The van der Waals surface area contributed by atoms with Crippen LogP contribution >= 0.6 is 11.5 Å². The molecule has 3 rings (SSSR count). The average Bonchev–Trinajstić information content (AvgIpc) is 3.10. The number of nitrogens with zero attached hydrogens (tertiary/aromatic N) is 1. The second kappa shape index (κ2) is 4.07. The fourth-order valence-corrected chi connectivity index (χ4v) is 3.26. The minimum Gasteiger partial charge on any atom is -0.378 e. The molecule has 5 nitrogen and oxygen atoms in total. The van der Waals surface area contributed by atoms with Crippen molar-refractivity contribution in [1.29, 1.82) is 0 Å². The largest absolute Gasteiger partial charge is 0.378 e. The van der Waals surface area contributed by atoms with Crippen molar-refractivity contribution in [3.63, 3.8) is 0 Å². The van der Waals surface area contributed by atoms with Crippen LogP contribution in [0.2, 0.25) is 0 Å². The lowest BCUT2D eigenvalue weighted by atomic mass is 10.1. The molecule has 6 heteroatoms. The van der Waals surface area contributed by atoms with Gasteiger partial charge in [0.25, 0.3) is 5.56 Å². The van der Waals surface area contributed by atoms with Crippen LogP contribution in [0.5, 0.6) is 0 Å². The standard InChI is InChI=1S/C12H14N2O3S/c1-6-8(5-17-2)14(7-3-4-7)12-9(10(6)15)11(16)13-18-12/h7H,3-5H2,1-2H3,(H,13,16). The van der Waals surface area contributed by atoms with E-state index in [4.69, 9.17) is 4.74 Å². The van der Waals surface area contributed by atoms with Crippen molar-refractivity contribution in [3.05, 3.63) is 31.8 Å². The maximum Gasteiger partial charge on any atom is 0.271 e. The Balaban J connectivity index is 2.45. The zero-order chi connectivity index (χ0) is 12.9. The summed E-state index contributed by atoms with van der Waals surface area (Å²) in [5.74, 6) is 0. The molecule has 0 bridgehead atoms. The summed E-state index contributed by atoms with van der Waals surface area (Å²) in [7, 11) is 1.62. The lowest BCUT2D eigenvalue weighted by molar-refractivity contribution is 0.177. The Hall–Kier alpha value is -1.40. The normalized spacial score (nSPS) is 15.4. The van der Waals surface area contributed by atoms with Crippen molar-refractivity contribution in [1.82, 2.24) is 8.94 Å². The quantitative estimate of drug-likeness (QED) is 0.916. The first-order valence-electron chi connectivity index (χ1n) is 5.89. The van der Waals surface area contributed by atoms with Crippen LogP contribution in [0, 0.1) is 6.92 Å². The van der Waals surface area contributed by atoms with Crippen molar-refractivity contribution in [3.8, 4) is 0 Å². The summed E-state index contributed by atoms with van der Waals surface area (Å²) in [6, 6.07) is 0.406. The van der Waals surface area contributed by atoms with Crippen LogP contribution in [-0.2, 0) is 11.3 Å². The van der Waals surface area contributed by atoms with Gasteiger partial charge in [0, 0.05) is 18.7 Å². The molecule has 18 heavy (non-hydrogen) atoms. The highest BCUT2D eigenvalue weighted by Gasteiger charge is 2.29. The fraction of sp³-hybridized carbons (Fsp3) is 0.500. The van der Waals surface area contributed by atoms with Gasteiger partial charge < -0.3 is 9.30 Å². The maximum absolute atomic E-state index is 12.2. The maximum atomic E-state index is 12.2. The van der Waals surface area contributed by atoms with Gasteiger partial charge >= 0.3 is 0 Å². The summed E-state index contributed by atoms with van der Waals surface area (Å²) < 4.78 is 9.97. The van der Waals surface area contributed by atoms with E-state index < -0.39 is 0 Å². The zero-order valence-electron chi connectivity index (χ0n) is 10.3. The first-order valence-corrected chi connectivity index (χ1v) is 6.71. The molecular formula is C12H14N2O3S. The van der Waals surface area contributed by atoms with Gasteiger partial charge in [-0.1, -0.05) is 0 Å². The smallest absolute Gasteiger partial charge is 0.271 e. The van der Waals surface area contributed by atoms with Crippen molar-refractivity contribution in [2.75, 3.05) is 7.11 Å². The lowest BCUT2D eigenvalue weighted by Gasteiger charge is -2.15. The molecule has 2 heterocycles. The molecule has 1 aliphatic rings. The van der Waals surface area contributed by atoms with Crippen LogP contribution in [0.3, 0.4) is 0 Å². The van der Waals surface area contributed by atoms with Gasteiger partial charge in [-0.05, 0) is 31.3 Å². The highest BCUT2D eigenvalue weighted by molar-refractivity contribution is 7.12. The SMILES string of the molecule is COCc1c(C)c(=O)c2c(=O)[nH]sc2n1C1CC1. The van der Waals surface area contributed by atoms with E-state index in [1.54, 1.807) is 14.0 Å². The monoisotopic (exact) mass is 266 g/mol. The number of methoxy groups -OCH3 is 1. The number of nitrogens with one attached hydrogen (secondary N) is 1.